The molecule has 3 rings (SSSR count). The molecule has 130 valence electrons. The molecular weight excluding hydrogens is 346 g/mol. The van der Waals surface area contributed by atoms with Gasteiger partial charge in [-0.1, -0.05) is 25.1 Å². The van der Waals surface area contributed by atoms with E-state index in [1.807, 2.05) is 12.1 Å². The number of unbranched alkanes of at least 4 members (excludes halogenated alkanes) is 1. The number of carbonyl (C=O) groups excluding carboxylic acids is 1. The van der Waals surface area contributed by atoms with Gasteiger partial charge in [-0.15, -0.1) is 0 Å². The molecule has 2 atom stereocenters. The topological polar surface area (TPSA) is 87.6 Å². The largest absolute Gasteiger partial charge is 0.352 e. The third-order valence-electron chi connectivity index (χ3n) is 4.03. The van der Waals surface area contributed by atoms with Crippen LogP contribution in [-0.2, 0) is 9.84 Å². The van der Waals surface area contributed by atoms with Crippen molar-refractivity contribution in [3.05, 3.63) is 29.8 Å². The summed E-state index contributed by atoms with van der Waals surface area (Å²) in [6, 6.07) is 7.08. The van der Waals surface area contributed by atoms with E-state index in [1.54, 1.807) is 12.1 Å². The molecule has 1 fully saturated rings. The van der Waals surface area contributed by atoms with Crippen LogP contribution in [0.3, 0.4) is 0 Å². The fraction of sp³-hybridized carbons (Fsp3) is 0.500. The van der Waals surface area contributed by atoms with Crippen LogP contribution >= 0.6 is 11.8 Å². The van der Waals surface area contributed by atoms with Crippen molar-refractivity contribution in [3.63, 3.8) is 0 Å². The minimum absolute atomic E-state index is 0.0288. The van der Waals surface area contributed by atoms with Crippen molar-refractivity contribution < 1.29 is 13.2 Å². The molecule has 1 aromatic rings. The van der Waals surface area contributed by atoms with E-state index < -0.39 is 9.84 Å². The molecule has 2 aliphatic heterocycles. The van der Waals surface area contributed by atoms with Crippen LogP contribution in [0.15, 0.2) is 29.3 Å². The van der Waals surface area contributed by atoms with Crippen LogP contribution in [0.2, 0.25) is 0 Å². The van der Waals surface area contributed by atoms with Crippen molar-refractivity contribution in [2.45, 2.75) is 31.1 Å². The maximum atomic E-state index is 12.0. The minimum Gasteiger partial charge on any atom is -0.352 e. The zero-order valence-electron chi connectivity index (χ0n) is 13.5. The molecule has 2 N–H and O–H groups in total. The van der Waals surface area contributed by atoms with E-state index >= 15 is 0 Å². The molecule has 0 bridgehead atoms. The van der Waals surface area contributed by atoms with Gasteiger partial charge in [-0.3, -0.25) is 9.79 Å². The number of anilines is 1. The lowest BCUT2D eigenvalue weighted by molar-refractivity contribution is 0.0953. The number of sulfone groups is 1. The van der Waals surface area contributed by atoms with Gasteiger partial charge in [0.1, 0.15) is 0 Å². The fourth-order valence-electron chi connectivity index (χ4n) is 2.73. The van der Waals surface area contributed by atoms with E-state index in [0.29, 0.717) is 12.1 Å². The third-order valence-corrected chi connectivity index (χ3v) is 7.17. The molecule has 0 radical (unpaired) electrons. The summed E-state index contributed by atoms with van der Waals surface area (Å²) >= 11 is 1.48. The van der Waals surface area contributed by atoms with Crippen molar-refractivity contribution in [1.29, 1.82) is 0 Å². The summed E-state index contributed by atoms with van der Waals surface area (Å²) in [6.45, 7) is 2.77. The number of amides is 1. The number of nitrogens with zero attached hydrogens (tertiary/aromatic N) is 1. The Morgan fingerprint density at radius 2 is 2.04 bits per heavy atom. The number of amidine groups is 1. The second-order valence-electron chi connectivity index (χ2n) is 6.05. The summed E-state index contributed by atoms with van der Waals surface area (Å²) in [4.78, 5) is 16.4. The quantitative estimate of drug-likeness (QED) is 0.776. The molecule has 24 heavy (non-hydrogen) atoms. The van der Waals surface area contributed by atoms with E-state index in [1.165, 1.54) is 11.8 Å². The number of benzene rings is 1. The molecule has 2 aliphatic rings. The summed E-state index contributed by atoms with van der Waals surface area (Å²) in [7, 11) is -2.93. The van der Waals surface area contributed by atoms with Crippen LogP contribution in [0, 0.1) is 0 Å². The zero-order chi connectivity index (χ0) is 17.2. The number of hydrogen-bond donors (Lipinski definition) is 2. The molecule has 0 saturated carbocycles. The predicted octanol–water partition coefficient (Wildman–Crippen LogP) is 1.90. The summed E-state index contributed by atoms with van der Waals surface area (Å²) in [5.74, 6) is 0.281. The Bertz CT molecular complexity index is 744. The zero-order valence-corrected chi connectivity index (χ0v) is 15.1. The van der Waals surface area contributed by atoms with Crippen molar-refractivity contribution in [1.82, 2.24) is 5.32 Å². The lowest BCUT2D eigenvalue weighted by atomic mass is 10.2. The lowest BCUT2D eigenvalue weighted by Crippen LogP contribution is -2.24. The molecular formula is C16H21N3O3S2. The van der Waals surface area contributed by atoms with E-state index in [0.717, 1.165) is 23.7 Å². The van der Waals surface area contributed by atoms with Crippen LogP contribution < -0.4 is 10.6 Å². The smallest absolute Gasteiger partial charge is 0.251 e. The van der Waals surface area contributed by atoms with Gasteiger partial charge in [-0.25, -0.2) is 8.42 Å². The van der Waals surface area contributed by atoms with Gasteiger partial charge in [-0.2, -0.15) is 0 Å². The highest BCUT2D eigenvalue weighted by Gasteiger charge is 2.42. The molecule has 2 heterocycles. The second kappa shape index (κ2) is 7.14. The molecule has 0 aromatic heterocycles. The maximum Gasteiger partial charge on any atom is 0.251 e. The summed E-state index contributed by atoms with van der Waals surface area (Å²) < 4.78 is 23.1. The average molecular weight is 367 g/mol. The van der Waals surface area contributed by atoms with Gasteiger partial charge in [0, 0.05) is 23.0 Å². The van der Waals surface area contributed by atoms with Gasteiger partial charge in [-0.05, 0) is 30.7 Å². The van der Waals surface area contributed by atoms with Crippen LogP contribution in [0.1, 0.15) is 30.1 Å². The fourth-order valence-corrected chi connectivity index (χ4v) is 6.40. The van der Waals surface area contributed by atoms with Gasteiger partial charge < -0.3 is 10.6 Å². The number of fused-ring (bicyclic) bond motifs is 1. The van der Waals surface area contributed by atoms with Crippen molar-refractivity contribution in [2.24, 2.45) is 4.99 Å². The molecule has 0 spiro atoms. The van der Waals surface area contributed by atoms with E-state index in [-0.39, 0.29) is 28.7 Å². The highest BCUT2D eigenvalue weighted by atomic mass is 32.2. The molecule has 8 heteroatoms. The number of aliphatic imine (C=N–C) groups is 1. The van der Waals surface area contributed by atoms with Crippen LogP contribution in [0.25, 0.3) is 0 Å². The summed E-state index contributed by atoms with van der Waals surface area (Å²) in [5.41, 5.74) is 1.47. The number of nitrogens with one attached hydrogen (secondary N) is 2. The predicted molar refractivity (Wildman–Crippen MR) is 98.6 cm³/mol. The molecule has 1 saturated heterocycles. The van der Waals surface area contributed by atoms with Gasteiger partial charge >= 0.3 is 0 Å². The van der Waals surface area contributed by atoms with E-state index in [9.17, 15) is 13.2 Å². The Kier molecular flexibility index (Phi) is 5.15. The van der Waals surface area contributed by atoms with Crippen LogP contribution in [0.4, 0.5) is 5.69 Å². The first-order valence-corrected chi connectivity index (χ1v) is 10.8. The first-order valence-electron chi connectivity index (χ1n) is 8.07. The Balaban J connectivity index is 1.57. The van der Waals surface area contributed by atoms with Gasteiger partial charge in [0.25, 0.3) is 5.91 Å². The Morgan fingerprint density at radius 3 is 2.71 bits per heavy atom. The Labute approximate surface area is 146 Å². The summed E-state index contributed by atoms with van der Waals surface area (Å²) in [5, 5.41) is 6.86. The first kappa shape index (κ1) is 17.3. The van der Waals surface area contributed by atoms with Crippen molar-refractivity contribution >= 4 is 38.4 Å². The minimum atomic E-state index is -2.93. The normalized spacial score (nSPS) is 24.3. The maximum absolute atomic E-state index is 12.0. The molecule has 1 amide bonds. The van der Waals surface area contributed by atoms with Gasteiger partial charge in [0.05, 0.1) is 17.5 Å². The first-order chi connectivity index (χ1) is 11.5. The SMILES string of the molecule is CCCCNC(=O)c1ccc(NC2=N[C@H]3CS(=O)(=O)C[C@@H]3S2)cc1. The molecule has 6 nitrogen and oxygen atoms in total. The van der Waals surface area contributed by atoms with Crippen molar-refractivity contribution in [2.75, 3.05) is 23.4 Å². The highest BCUT2D eigenvalue weighted by molar-refractivity contribution is 8.15. The number of thioether (sulfide) groups is 1. The van der Waals surface area contributed by atoms with Crippen LogP contribution in [0.5, 0.6) is 0 Å². The number of rotatable bonds is 5. The molecule has 0 unspecified atom stereocenters. The van der Waals surface area contributed by atoms with Crippen molar-refractivity contribution in [3.8, 4) is 0 Å². The van der Waals surface area contributed by atoms with E-state index in [4.69, 9.17) is 0 Å². The third kappa shape index (κ3) is 4.10. The van der Waals surface area contributed by atoms with Gasteiger partial charge in [0.15, 0.2) is 15.0 Å². The number of carbonyl (C=O) groups is 1. The van der Waals surface area contributed by atoms with Crippen LogP contribution in [-0.4, -0.2) is 48.8 Å². The Hall–Kier alpha value is -1.54. The van der Waals surface area contributed by atoms with E-state index in [2.05, 4.69) is 22.5 Å². The highest BCUT2D eigenvalue weighted by Crippen LogP contribution is 2.34. The standard InChI is InChI=1S/C16H21N3O3S2/c1-2-3-8-17-15(20)11-4-6-12(7-5-11)18-16-19-13-9-24(21,22)10-14(13)23-16/h4-7,13-14H,2-3,8-10H2,1H3,(H,17,20)(H,18,19)/t13-,14-/m0/s1. The monoisotopic (exact) mass is 367 g/mol. The molecule has 0 aliphatic carbocycles. The average Bonchev–Trinajstić information content (AvgIpc) is 3.00. The summed E-state index contributed by atoms with van der Waals surface area (Å²) in [6.07, 6.45) is 2.02. The lowest BCUT2D eigenvalue weighted by Gasteiger charge is -2.08. The second-order valence-corrected chi connectivity index (χ2v) is 9.43. The molecule has 1 aromatic carbocycles. The number of hydrogen-bond acceptors (Lipinski definition) is 6. The Morgan fingerprint density at radius 1 is 1.29 bits per heavy atom. The van der Waals surface area contributed by atoms with Gasteiger partial charge in [0.2, 0.25) is 0 Å².